The van der Waals surface area contributed by atoms with Gasteiger partial charge in [0.1, 0.15) is 6.54 Å². The van der Waals surface area contributed by atoms with Crippen molar-refractivity contribution < 1.29 is 13.2 Å². The summed E-state index contributed by atoms with van der Waals surface area (Å²) in [5.74, 6) is -0.0651. The van der Waals surface area contributed by atoms with E-state index in [2.05, 4.69) is 35.1 Å². The molecule has 0 radical (unpaired) electrons. The molecular formula is C18H21BrN2O3S. The van der Waals surface area contributed by atoms with Crippen LogP contribution in [0.2, 0.25) is 0 Å². The third-order valence-corrected chi connectivity index (χ3v) is 5.52. The lowest BCUT2D eigenvalue weighted by Crippen LogP contribution is -2.37. The lowest BCUT2D eigenvalue weighted by atomic mass is 10.0. The molecule has 0 fully saturated rings. The van der Waals surface area contributed by atoms with Crippen LogP contribution in [0.15, 0.2) is 53.0 Å². The Morgan fingerprint density at radius 2 is 1.72 bits per heavy atom. The van der Waals surface area contributed by atoms with Gasteiger partial charge in [0.25, 0.3) is 0 Å². The summed E-state index contributed by atoms with van der Waals surface area (Å²) in [6, 6.07) is 14.4. The van der Waals surface area contributed by atoms with Crippen LogP contribution in [0.4, 0.5) is 11.4 Å². The maximum atomic E-state index is 12.3. The molecule has 5 nitrogen and oxygen atoms in total. The predicted molar refractivity (Wildman–Crippen MR) is 105 cm³/mol. The largest absolute Gasteiger partial charge is 0.323 e. The Hall–Kier alpha value is -1.86. The van der Waals surface area contributed by atoms with Gasteiger partial charge in [0, 0.05) is 4.47 Å². The first-order valence-electron chi connectivity index (χ1n) is 7.80. The molecule has 2 aromatic rings. The number of para-hydroxylation sites is 1. The fourth-order valence-electron chi connectivity index (χ4n) is 2.31. The summed E-state index contributed by atoms with van der Waals surface area (Å²) < 4.78 is 26.1. The van der Waals surface area contributed by atoms with E-state index in [0.717, 1.165) is 20.6 Å². The van der Waals surface area contributed by atoms with Crippen molar-refractivity contribution in [3.8, 4) is 0 Å². The number of rotatable bonds is 6. The predicted octanol–water partition coefficient (Wildman–Crippen LogP) is 3.98. The molecule has 0 saturated carbocycles. The Morgan fingerprint density at radius 1 is 1.12 bits per heavy atom. The van der Waals surface area contributed by atoms with Gasteiger partial charge in [0.15, 0.2) is 0 Å². The Labute approximate surface area is 157 Å². The number of sulfonamides is 1. The second kappa shape index (κ2) is 8.01. The number of hydrogen-bond acceptors (Lipinski definition) is 3. The molecule has 0 saturated heterocycles. The molecule has 25 heavy (non-hydrogen) atoms. The van der Waals surface area contributed by atoms with E-state index in [1.165, 1.54) is 0 Å². The third kappa shape index (κ3) is 5.31. The van der Waals surface area contributed by atoms with E-state index in [1.807, 2.05) is 18.2 Å². The molecule has 0 aliphatic heterocycles. The summed E-state index contributed by atoms with van der Waals surface area (Å²) in [7, 11) is -3.59. The first-order chi connectivity index (χ1) is 11.7. The maximum Gasteiger partial charge on any atom is 0.245 e. The van der Waals surface area contributed by atoms with Crippen LogP contribution in [0.5, 0.6) is 0 Å². The summed E-state index contributed by atoms with van der Waals surface area (Å²) in [4.78, 5) is 12.3. The van der Waals surface area contributed by atoms with Crippen LogP contribution in [0.3, 0.4) is 0 Å². The highest BCUT2D eigenvalue weighted by atomic mass is 79.9. The van der Waals surface area contributed by atoms with Crippen molar-refractivity contribution in [2.75, 3.05) is 22.4 Å². The molecule has 0 aliphatic carbocycles. The van der Waals surface area contributed by atoms with E-state index in [9.17, 15) is 13.2 Å². The summed E-state index contributed by atoms with van der Waals surface area (Å²) in [5, 5.41) is 2.72. The Bertz CT molecular complexity index is 849. The highest BCUT2D eigenvalue weighted by molar-refractivity contribution is 9.10. The van der Waals surface area contributed by atoms with Crippen LogP contribution in [0, 0.1) is 0 Å². The molecule has 134 valence electrons. The maximum absolute atomic E-state index is 12.3. The SMILES string of the molecule is CC(C)c1ccc(N(CC(=O)Nc2ccccc2Br)S(C)(=O)=O)cc1. The number of halogens is 1. The van der Waals surface area contributed by atoms with Crippen LogP contribution in [0.25, 0.3) is 0 Å². The topological polar surface area (TPSA) is 66.5 Å². The van der Waals surface area contributed by atoms with E-state index in [0.29, 0.717) is 17.3 Å². The smallest absolute Gasteiger partial charge is 0.245 e. The van der Waals surface area contributed by atoms with Gasteiger partial charge in [0.05, 0.1) is 17.6 Å². The fourth-order valence-corrected chi connectivity index (χ4v) is 3.55. The van der Waals surface area contributed by atoms with Crippen molar-refractivity contribution in [1.82, 2.24) is 0 Å². The summed E-state index contributed by atoms with van der Waals surface area (Å²) in [6.07, 6.45) is 1.09. The quantitative estimate of drug-likeness (QED) is 0.762. The van der Waals surface area contributed by atoms with E-state index in [1.54, 1.807) is 30.3 Å². The van der Waals surface area contributed by atoms with Crippen LogP contribution in [0.1, 0.15) is 25.3 Å². The monoisotopic (exact) mass is 424 g/mol. The normalized spacial score (nSPS) is 11.4. The highest BCUT2D eigenvalue weighted by Gasteiger charge is 2.21. The second-order valence-electron chi connectivity index (χ2n) is 6.04. The molecule has 0 bridgehead atoms. The number of carbonyl (C=O) groups excluding carboxylic acids is 1. The van der Waals surface area contributed by atoms with Gasteiger partial charge < -0.3 is 5.32 Å². The van der Waals surface area contributed by atoms with Crippen LogP contribution in [-0.4, -0.2) is 27.1 Å². The number of nitrogens with zero attached hydrogens (tertiary/aromatic N) is 1. The van der Waals surface area contributed by atoms with Gasteiger partial charge in [-0.15, -0.1) is 0 Å². The van der Waals surface area contributed by atoms with Crippen LogP contribution in [-0.2, 0) is 14.8 Å². The number of nitrogens with one attached hydrogen (secondary N) is 1. The average molecular weight is 425 g/mol. The van der Waals surface area contributed by atoms with Gasteiger partial charge in [0.2, 0.25) is 15.9 Å². The van der Waals surface area contributed by atoms with Gasteiger partial charge in [-0.25, -0.2) is 8.42 Å². The highest BCUT2D eigenvalue weighted by Crippen LogP contribution is 2.23. The van der Waals surface area contributed by atoms with E-state index >= 15 is 0 Å². The first-order valence-corrected chi connectivity index (χ1v) is 10.4. The number of amides is 1. The Morgan fingerprint density at radius 3 is 2.24 bits per heavy atom. The molecule has 1 amide bonds. The molecular weight excluding hydrogens is 404 g/mol. The molecule has 0 atom stereocenters. The molecule has 2 aromatic carbocycles. The second-order valence-corrected chi connectivity index (χ2v) is 8.81. The Balaban J connectivity index is 2.21. The van der Waals surface area contributed by atoms with Gasteiger partial charge in [-0.1, -0.05) is 38.1 Å². The Kier molecular flexibility index (Phi) is 6.24. The zero-order valence-electron chi connectivity index (χ0n) is 14.4. The van der Waals surface area contributed by atoms with Gasteiger partial charge in [-0.3, -0.25) is 9.10 Å². The van der Waals surface area contributed by atoms with Gasteiger partial charge >= 0.3 is 0 Å². The van der Waals surface area contributed by atoms with Crippen molar-refractivity contribution in [1.29, 1.82) is 0 Å². The van der Waals surface area contributed by atoms with Crippen molar-refractivity contribution in [2.24, 2.45) is 0 Å². The lowest BCUT2D eigenvalue weighted by Gasteiger charge is -2.22. The minimum atomic E-state index is -3.59. The molecule has 0 aliphatic rings. The molecule has 1 N–H and O–H groups in total. The number of carbonyl (C=O) groups is 1. The van der Waals surface area contributed by atoms with E-state index < -0.39 is 15.9 Å². The van der Waals surface area contributed by atoms with Crippen molar-refractivity contribution in [2.45, 2.75) is 19.8 Å². The van der Waals surface area contributed by atoms with Crippen LogP contribution < -0.4 is 9.62 Å². The molecule has 0 unspecified atom stereocenters. The standard InChI is InChI=1S/C18H21BrN2O3S/c1-13(2)14-8-10-15(11-9-14)21(25(3,23)24)12-18(22)20-17-7-5-4-6-16(17)19/h4-11,13H,12H2,1-3H3,(H,20,22). The molecule has 7 heteroatoms. The lowest BCUT2D eigenvalue weighted by molar-refractivity contribution is -0.114. The summed E-state index contributed by atoms with van der Waals surface area (Å²) in [6.45, 7) is 3.84. The van der Waals surface area contributed by atoms with Crippen molar-refractivity contribution in [3.63, 3.8) is 0 Å². The zero-order valence-corrected chi connectivity index (χ0v) is 16.8. The fraction of sp³-hybridized carbons (Fsp3) is 0.278. The van der Waals surface area contributed by atoms with Gasteiger partial charge in [-0.2, -0.15) is 0 Å². The summed E-state index contributed by atoms with van der Waals surface area (Å²) in [5.41, 5.74) is 2.17. The molecule has 2 rings (SSSR count). The average Bonchev–Trinajstić information content (AvgIpc) is 2.54. The summed E-state index contributed by atoms with van der Waals surface area (Å²) >= 11 is 3.35. The minimum absolute atomic E-state index is 0.290. The van der Waals surface area contributed by atoms with E-state index in [-0.39, 0.29) is 6.54 Å². The van der Waals surface area contributed by atoms with E-state index in [4.69, 9.17) is 0 Å². The first kappa shape index (κ1) is 19.5. The third-order valence-electron chi connectivity index (χ3n) is 3.68. The van der Waals surface area contributed by atoms with Gasteiger partial charge in [-0.05, 0) is 51.7 Å². The molecule has 0 spiro atoms. The number of benzene rings is 2. The minimum Gasteiger partial charge on any atom is -0.323 e. The molecule has 0 heterocycles. The number of anilines is 2. The van der Waals surface area contributed by atoms with Crippen LogP contribution >= 0.6 is 15.9 Å². The zero-order chi connectivity index (χ0) is 18.6. The van der Waals surface area contributed by atoms with Crippen molar-refractivity contribution >= 4 is 43.2 Å². The molecule has 0 aromatic heterocycles. The number of hydrogen-bond donors (Lipinski definition) is 1. The van der Waals surface area contributed by atoms with Crippen molar-refractivity contribution in [3.05, 3.63) is 58.6 Å².